The minimum atomic E-state index is -0.408. The summed E-state index contributed by atoms with van der Waals surface area (Å²) in [6.45, 7) is 8.68. The van der Waals surface area contributed by atoms with Gasteiger partial charge in [0.05, 0.1) is 11.8 Å². The van der Waals surface area contributed by atoms with Crippen LogP contribution in [-0.2, 0) is 0 Å². The van der Waals surface area contributed by atoms with Gasteiger partial charge < -0.3 is 10.0 Å². The van der Waals surface area contributed by atoms with E-state index in [0.717, 1.165) is 35.0 Å². The van der Waals surface area contributed by atoms with Crippen LogP contribution < -0.4 is 4.90 Å². The molecule has 2 rings (SSSR count). The maximum Gasteiger partial charge on any atom is 0.0762 e. The number of benzene rings is 1. The van der Waals surface area contributed by atoms with Gasteiger partial charge in [-0.3, -0.25) is 0 Å². The van der Waals surface area contributed by atoms with Gasteiger partial charge >= 0.3 is 0 Å². The molecule has 2 unspecified atom stereocenters. The minimum absolute atomic E-state index is 0.408. The van der Waals surface area contributed by atoms with E-state index >= 15 is 0 Å². The zero-order chi connectivity index (χ0) is 13.3. The zero-order valence-electron chi connectivity index (χ0n) is 11.4. The van der Waals surface area contributed by atoms with Crippen LogP contribution in [0.1, 0.15) is 38.9 Å². The lowest BCUT2D eigenvalue weighted by Crippen LogP contribution is -2.38. The van der Waals surface area contributed by atoms with Gasteiger partial charge in [0.25, 0.3) is 0 Å². The molecular weight excluding hydrogens is 290 g/mol. The van der Waals surface area contributed by atoms with Crippen molar-refractivity contribution in [3.63, 3.8) is 0 Å². The van der Waals surface area contributed by atoms with Crippen LogP contribution in [0.4, 0.5) is 5.69 Å². The van der Waals surface area contributed by atoms with E-state index < -0.39 is 6.10 Å². The molecule has 0 saturated carbocycles. The van der Waals surface area contributed by atoms with E-state index in [1.807, 2.05) is 12.1 Å². The van der Waals surface area contributed by atoms with Crippen molar-refractivity contribution >= 4 is 21.6 Å². The van der Waals surface area contributed by atoms with Crippen molar-refractivity contribution in [1.82, 2.24) is 0 Å². The van der Waals surface area contributed by atoms with E-state index in [0.29, 0.717) is 0 Å². The minimum Gasteiger partial charge on any atom is -0.389 e. The van der Waals surface area contributed by atoms with Crippen LogP contribution in [0, 0.1) is 11.8 Å². The standard InChI is InChI=1S/C15H22BrNO/c1-10-6-11(2)9-17(8-10)15-5-4-13(12(3)18)7-14(15)16/h4-5,7,10-12,18H,6,8-9H2,1-3H3/t10?,11?,12-/m0/s1. The molecule has 1 aromatic carbocycles. The third-order valence-corrected chi connectivity index (χ3v) is 4.30. The Bertz CT molecular complexity index is 409. The molecule has 2 nitrogen and oxygen atoms in total. The van der Waals surface area contributed by atoms with Gasteiger partial charge in [-0.15, -0.1) is 0 Å². The Morgan fingerprint density at radius 3 is 2.39 bits per heavy atom. The van der Waals surface area contributed by atoms with Gasteiger partial charge in [0.15, 0.2) is 0 Å². The molecule has 100 valence electrons. The van der Waals surface area contributed by atoms with E-state index in [2.05, 4.69) is 40.7 Å². The molecule has 18 heavy (non-hydrogen) atoms. The van der Waals surface area contributed by atoms with Crippen LogP contribution in [0.15, 0.2) is 22.7 Å². The van der Waals surface area contributed by atoms with Crippen LogP contribution in [0.25, 0.3) is 0 Å². The number of aliphatic hydroxyl groups is 1. The van der Waals surface area contributed by atoms with Crippen LogP contribution in [0.5, 0.6) is 0 Å². The quantitative estimate of drug-likeness (QED) is 0.893. The molecule has 0 amide bonds. The summed E-state index contributed by atoms with van der Waals surface area (Å²) < 4.78 is 1.09. The van der Waals surface area contributed by atoms with Crippen molar-refractivity contribution < 1.29 is 5.11 Å². The lowest BCUT2D eigenvalue weighted by atomic mass is 9.91. The van der Waals surface area contributed by atoms with Crippen LogP contribution in [0.2, 0.25) is 0 Å². The second-order valence-electron chi connectivity index (χ2n) is 5.74. The number of rotatable bonds is 2. The molecule has 0 aliphatic carbocycles. The van der Waals surface area contributed by atoms with Crippen LogP contribution in [0.3, 0.4) is 0 Å². The number of hydrogen-bond acceptors (Lipinski definition) is 2. The number of anilines is 1. The van der Waals surface area contributed by atoms with Crippen molar-refractivity contribution in [2.75, 3.05) is 18.0 Å². The molecule has 1 aromatic rings. The molecule has 3 heteroatoms. The van der Waals surface area contributed by atoms with Gasteiger partial charge in [-0.2, -0.15) is 0 Å². The van der Waals surface area contributed by atoms with Crippen molar-refractivity contribution in [2.45, 2.75) is 33.3 Å². The van der Waals surface area contributed by atoms with E-state index in [-0.39, 0.29) is 0 Å². The topological polar surface area (TPSA) is 23.5 Å². The predicted molar refractivity (Wildman–Crippen MR) is 79.9 cm³/mol. The van der Waals surface area contributed by atoms with Gasteiger partial charge in [-0.05, 0) is 58.8 Å². The highest BCUT2D eigenvalue weighted by Crippen LogP contribution is 2.33. The first-order chi connectivity index (χ1) is 8.47. The van der Waals surface area contributed by atoms with E-state index in [9.17, 15) is 5.11 Å². The van der Waals surface area contributed by atoms with Crippen LogP contribution >= 0.6 is 15.9 Å². The fourth-order valence-corrected chi connectivity index (χ4v) is 3.55. The highest BCUT2D eigenvalue weighted by atomic mass is 79.9. The molecule has 3 atom stereocenters. The Hall–Kier alpha value is -0.540. The highest BCUT2D eigenvalue weighted by Gasteiger charge is 2.23. The number of hydrogen-bond donors (Lipinski definition) is 1. The van der Waals surface area contributed by atoms with Gasteiger partial charge in [0, 0.05) is 17.6 Å². The fourth-order valence-electron chi connectivity index (χ4n) is 2.90. The fraction of sp³-hybridized carbons (Fsp3) is 0.600. The second kappa shape index (κ2) is 5.62. The Balaban J connectivity index is 2.22. The van der Waals surface area contributed by atoms with Gasteiger partial charge in [-0.1, -0.05) is 19.9 Å². The molecule has 1 fully saturated rings. The smallest absolute Gasteiger partial charge is 0.0762 e. The number of aliphatic hydroxyl groups excluding tert-OH is 1. The predicted octanol–water partition coefficient (Wildman–Crippen LogP) is 3.98. The molecule has 1 aliphatic heterocycles. The Labute approximate surface area is 118 Å². The Kier molecular flexibility index (Phi) is 4.33. The molecule has 1 N–H and O–H groups in total. The van der Waals surface area contributed by atoms with E-state index in [1.54, 1.807) is 6.92 Å². The lowest BCUT2D eigenvalue weighted by molar-refractivity contribution is 0.199. The molecule has 0 aromatic heterocycles. The summed E-state index contributed by atoms with van der Waals surface area (Å²) in [5, 5.41) is 9.60. The molecule has 1 saturated heterocycles. The third kappa shape index (κ3) is 3.07. The third-order valence-electron chi connectivity index (χ3n) is 3.66. The number of nitrogens with zero attached hydrogens (tertiary/aromatic N) is 1. The first kappa shape index (κ1) is 13.9. The summed E-state index contributed by atoms with van der Waals surface area (Å²) in [6.07, 6.45) is 0.912. The molecular formula is C15H22BrNO. The van der Waals surface area contributed by atoms with Crippen molar-refractivity contribution in [1.29, 1.82) is 0 Å². The molecule has 1 aliphatic rings. The van der Waals surface area contributed by atoms with E-state index in [1.165, 1.54) is 12.1 Å². The van der Waals surface area contributed by atoms with Gasteiger partial charge in [0.1, 0.15) is 0 Å². The van der Waals surface area contributed by atoms with Crippen LogP contribution in [-0.4, -0.2) is 18.2 Å². The monoisotopic (exact) mass is 311 g/mol. The number of piperidine rings is 1. The summed E-state index contributed by atoms with van der Waals surface area (Å²) in [7, 11) is 0. The zero-order valence-corrected chi connectivity index (χ0v) is 12.9. The van der Waals surface area contributed by atoms with E-state index in [4.69, 9.17) is 0 Å². The lowest BCUT2D eigenvalue weighted by Gasteiger charge is -2.37. The Morgan fingerprint density at radius 2 is 1.89 bits per heavy atom. The first-order valence-electron chi connectivity index (χ1n) is 6.69. The Morgan fingerprint density at radius 1 is 1.28 bits per heavy atom. The summed E-state index contributed by atoms with van der Waals surface area (Å²) in [5.74, 6) is 1.49. The summed E-state index contributed by atoms with van der Waals surface area (Å²) >= 11 is 3.64. The van der Waals surface area contributed by atoms with Crippen molar-refractivity contribution in [3.05, 3.63) is 28.2 Å². The summed E-state index contributed by atoms with van der Waals surface area (Å²) in [5.41, 5.74) is 2.21. The van der Waals surface area contributed by atoms with Gasteiger partial charge in [-0.25, -0.2) is 0 Å². The van der Waals surface area contributed by atoms with Gasteiger partial charge in [0.2, 0.25) is 0 Å². The molecule has 0 bridgehead atoms. The summed E-state index contributed by atoms with van der Waals surface area (Å²) in [4.78, 5) is 2.45. The first-order valence-corrected chi connectivity index (χ1v) is 7.49. The maximum atomic E-state index is 9.60. The maximum absolute atomic E-state index is 9.60. The molecule has 0 radical (unpaired) electrons. The van der Waals surface area contributed by atoms with Crippen molar-refractivity contribution in [2.24, 2.45) is 11.8 Å². The molecule has 0 spiro atoms. The largest absolute Gasteiger partial charge is 0.389 e. The second-order valence-corrected chi connectivity index (χ2v) is 6.59. The summed E-state index contributed by atoms with van der Waals surface area (Å²) in [6, 6.07) is 6.18. The average Bonchev–Trinajstić information content (AvgIpc) is 2.27. The number of halogens is 1. The average molecular weight is 312 g/mol. The van der Waals surface area contributed by atoms with Crippen molar-refractivity contribution in [3.8, 4) is 0 Å². The SMILES string of the molecule is CC1CC(C)CN(c2ccc([C@H](C)O)cc2Br)C1. The normalized spacial score (nSPS) is 26.2. The molecule has 1 heterocycles. The highest BCUT2D eigenvalue weighted by molar-refractivity contribution is 9.10.